The number of alkyl halides is 21. The molecule has 0 saturated carbocycles. The first-order valence-electron chi connectivity index (χ1n) is 7.37. The van der Waals surface area contributed by atoms with Gasteiger partial charge < -0.3 is 5.11 Å². The molecule has 0 radical (unpaired) electrons. The molecule has 0 spiro atoms. The third-order valence-electron chi connectivity index (χ3n) is 3.25. The zero-order valence-corrected chi connectivity index (χ0v) is 17.1. The Morgan fingerprint density at radius 3 is 0.973 bits per heavy atom. The van der Waals surface area contributed by atoms with E-state index in [1.165, 1.54) is 14.2 Å². The molecule has 0 aliphatic rings. The summed E-state index contributed by atoms with van der Waals surface area (Å²) >= 11 is 0.450. The van der Waals surface area contributed by atoms with Crippen LogP contribution in [0, 0.1) is 0 Å². The van der Waals surface area contributed by atoms with Crippen molar-refractivity contribution in [2.24, 2.45) is 0 Å². The monoisotopic (exact) mass is 672 g/mol. The van der Waals surface area contributed by atoms with Gasteiger partial charge in [-0.1, -0.05) is 0 Å². The molecule has 0 aromatic rings. The zero-order valence-electron chi connectivity index (χ0n) is 15.5. The van der Waals surface area contributed by atoms with Gasteiger partial charge in [0.2, 0.25) is 0 Å². The van der Waals surface area contributed by atoms with Gasteiger partial charge in [-0.2, -0.15) is 87.8 Å². The van der Waals surface area contributed by atoms with Crippen LogP contribution in [0.3, 0.4) is 0 Å². The average Bonchev–Trinajstić information content (AvgIpc) is 2.55. The third-order valence-corrected chi connectivity index (χ3v) is 3.72. The number of carbonyl (C=O) groups is 1. The highest BCUT2D eigenvalue weighted by atomic mass is 79.9. The Balaban J connectivity index is 7.10. The molecule has 0 aliphatic carbocycles. The molecule has 0 aromatic heterocycles. The molecule has 26 heteroatoms. The lowest BCUT2D eigenvalue weighted by atomic mass is 10.2. The normalized spacial score (nSPS) is 20.1. The van der Waals surface area contributed by atoms with Gasteiger partial charge in [0, 0.05) is 15.9 Å². The lowest BCUT2D eigenvalue weighted by Gasteiger charge is -2.42. The molecule has 37 heavy (non-hydrogen) atoms. The summed E-state index contributed by atoms with van der Waals surface area (Å²) in [5.41, 5.74) is 0. The van der Waals surface area contributed by atoms with E-state index in [-0.39, 0.29) is 0 Å². The van der Waals surface area contributed by atoms with Crippen molar-refractivity contribution in [1.29, 1.82) is 0 Å². The van der Waals surface area contributed by atoms with Gasteiger partial charge in [-0.15, -0.1) is 0 Å². The van der Waals surface area contributed by atoms with Crippen LogP contribution >= 0.6 is 15.9 Å². The first-order valence-corrected chi connectivity index (χ1v) is 8.16. The molecule has 222 valence electrons. The largest absolute Gasteiger partial charge is 0.477 e. The number of carboxylic acids is 1. The molecular weight excluding hydrogens is 672 g/mol. The van der Waals surface area contributed by atoms with Gasteiger partial charge in [0.05, 0.1) is 0 Å². The Hall–Kier alpha value is -1.57. The summed E-state index contributed by atoms with van der Waals surface area (Å²) in [4.78, 5) is 3.87. The van der Waals surface area contributed by atoms with Gasteiger partial charge >= 0.3 is 65.2 Å². The summed E-state index contributed by atoms with van der Waals surface area (Å²) in [5.74, 6) is -28.3. The number of carboxylic acid groups (broad SMARTS) is 1. The van der Waals surface area contributed by atoms with E-state index in [0.717, 1.165) is 0 Å². The summed E-state index contributed by atoms with van der Waals surface area (Å²) in [7, 11) is 0. The molecule has 0 bridgehead atoms. The predicted octanol–water partition coefficient (Wildman–Crippen LogP) is 6.57. The van der Waals surface area contributed by atoms with Crippen LogP contribution in [-0.2, 0) is 19.0 Å². The van der Waals surface area contributed by atoms with Gasteiger partial charge in [-0.25, -0.2) is 4.79 Å². The molecule has 5 nitrogen and oxygen atoms in total. The fourth-order valence-electron chi connectivity index (χ4n) is 1.51. The first kappa shape index (κ1) is 35.4. The molecule has 3 atom stereocenters. The van der Waals surface area contributed by atoms with E-state index in [0.29, 0.717) is 15.9 Å². The summed E-state index contributed by atoms with van der Waals surface area (Å²) in [5, 5.41) is 7.94. The lowest BCUT2D eigenvalue weighted by Crippen LogP contribution is -2.70. The molecule has 0 saturated heterocycles. The quantitative estimate of drug-likeness (QED) is 0.210. The highest BCUT2D eigenvalue weighted by Crippen LogP contribution is 2.58. The minimum Gasteiger partial charge on any atom is -0.477 e. The number of hydrogen-bond acceptors (Lipinski definition) is 4. The van der Waals surface area contributed by atoms with Crippen LogP contribution in [0.5, 0.6) is 0 Å². The minimum absolute atomic E-state index is 0.450. The summed E-state index contributed by atoms with van der Waals surface area (Å²) in [6.45, 7) is 0. The van der Waals surface area contributed by atoms with Crippen molar-refractivity contribution in [2.75, 3.05) is 0 Å². The standard InChI is InChI=1S/C11HBrF20O5/c12-5(16,17)11(31,32)37-4(15,8(24,25)26)10(29,30)36-3(14,7(21,22)23)9(27,28)35-2(13,1(33)34)6(18,19)20/h(H,33,34). The highest BCUT2D eigenvalue weighted by molar-refractivity contribution is 9.10. The molecule has 0 fully saturated rings. The molecule has 3 unspecified atom stereocenters. The predicted molar refractivity (Wildman–Crippen MR) is 69.3 cm³/mol. The van der Waals surface area contributed by atoms with E-state index in [4.69, 9.17) is 5.11 Å². The summed E-state index contributed by atoms with van der Waals surface area (Å²) < 4.78 is 264. The highest BCUT2D eigenvalue weighted by Gasteiger charge is 2.87. The summed E-state index contributed by atoms with van der Waals surface area (Å²) in [6.07, 6.45) is -47.6. The minimum atomic E-state index is -8.42. The van der Waals surface area contributed by atoms with E-state index < -0.39 is 65.2 Å². The van der Waals surface area contributed by atoms with E-state index >= 15 is 0 Å². The molecular formula is C11HBrF20O5. The average molecular weight is 673 g/mol. The van der Waals surface area contributed by atoms with Crippen LogP contribution in [0.1, 0.15) is 0 Å². The molecule has 0 aliphatic heterocycles. The Bertz CT molecular complexity index is 846. The zero-order chi connectivity index (χ0) is 30.7. The van der Waals surface area contributed by atoms with Gasteiger partial charge in [0.25, 0.3) is 0 Å². The second kappa shape index (κ2) is 9.27. The van der Waals surface area contributed by atoms with E-state index in [1.54, 1.807) is 0 Å². The van der Waals surface area contributed by atoms with Crippen molar-refractivity contribution >= 4 is 21.9 Å². The lowest BCUT2D eigenvalue weighted by molar-refractivity contribution is -0.571. The maximum atomic E-state index is 14.0. The number of ether oxygens (including phenoxy) is 3. The van der Waals surface area contributed by atoms with Crippen molar-refractivity contribution in [3.05, 3.63) is 0 Å². The topological polar surface area (TPSA) is 65.0 Å². The Morgan fingerprint density at radius 1 is 0.486 bits per heavy atom. The van der Waals surface area contributed by atoms with Gasteiger partial charge in [0.1, 0.15) is 0 Å². The Labute approximate surface area is 194 Å². The van der Waals surface area contributed by atoms with Gasteiger partial charge in [-0.05, 0) is 0 Å². The van der Waals surface area contributed by atoms with Crippen molar-refractivity contribution in [1.82, 2.24) is 0 Å². The molecule has 0 rings (SSSR count). The molecule has 0 amide bonds. The number of aliphatic carboxylic acids is 1. The van der Waals surface area contributed by atoms with Crippen molar-refractivity contribution in [3.63, 3.8) is 0 Å². The van der Waals surface area contributed by atoms with Gasteiger partial charge in [0.15, 0.2) is 0 Å². The SMILES string of the molecule is O=C(O)C(F)(OC(F)(F)C(F)(OC(F)(F)C(F)(OC(F)(F)C(F)(F)Br)C(F)(F)F)C(F)(F)F)C(F)(F)F. The van der Waals surface area contributed by atoms with Crippen molar-refractivity contribution in [2.45, 2.75) is 59.3 Å². The molecule has 0 aromatic carbocycles. The van der Waals surface area contributed by atoms with Crippen LogP contribution in [0.25, 0.3) is 0 Å². The van der Waals surface area contributed by atoms with Crippen molar-refractivity contribution < 1.29 is 112 Å². The number of hydrogen-bond donors (Lipinski definition) is 1. The fourth-order valence-corrected chi connectivity index (χ4v) is 1.59. The van der Waals surface area contributed by atoms with Crippen LogP contribution in [0.15, 0.2) is 0 Å². The van der Waals surface area contributed by atoms with Crippen LogP contribution in [0.2, 0.25) is 0 Å². The van der Waals surface area contributed by atoms with Gasteiger partial charge in [-0.3, -0.25) is 14.2 Å². The fraction of sp³-hybridized carbons (Fsp3) is 0.909. The number of rotatable bonds is 10. The first-order chi connectivity index (χ1) is 15.6. The van der Waals surface area contributed by atoms with Crippen LogP contribution in [0.4, 0.5) is 87.8 Å². The van der Waals surface area contributed by atoms with Crippen LogP contribution in [-0.4, -0.2) is 70.3 Å². The second-order valence-corrected chi connectivity index (χ2v) is 6.93. The smallest absolute Gasteiger partial charge is 0.460 e. The Morgan fingerprint density at radius 2 is 0.757 bits per heavy atom. The Kier molecular flexibility index (Phi) is 8.88. The molecule has 1 N–H and O–H groups in total. The second-order valence-electron chi connectivity index (χ2n) is 5.94. The van der Waals surface area contributed by atoms with E-state index in [9.17, 15) is 92.6 Å². The maximum absolute atomic E-state index is 14.0. The molecule has 0 heterocycles. The van der Waals surface area contributed by atoms with E-state index in [1.807, 2.05) is 0 Å². The third kappa shape index (κ3) is 6.20. The van der Waals surface area contributed by atoms with Crippen molar-refractivity contribution in [3.8, 4) is 0 Å². The summed E-state index contributed by atoms with van der Waals surface area (Å²) in [6, 6.07) is 0. The van der Waals surface area contributed by atoms with Crippen LogP contribution < -0.4 is 0 Å². The maximum Gasteiger partial charge on any atom is 0.460 e. The van der Waals surface area contributed by atoms with E-state index in [2.05, 4.69) is 0 Å². The number of halogens is 21.